The number of benzene rings is 2. The lowest BCUT2D eigenvalue weighted by Crippen LogP contribution is -2.46. The number of nitro benzene ring substituents is 1. The van der Waals surface area contributed by atoms with Crippen LogP contribution in [0.4, 0.5) is 5.69 Å². The molecule has 0 unspecified atom stereocenters. The van der Waals surface area contributed by atoms with Crippen molar-refractivity contribution in [1.82, 2.24) is 23.2 Å². The molecule has 5 rings (SSSR count). The van der Waals surface area contributed by atoms with E-state index in [2.05, 4.69) is 0 Å². The van der Waals surface area contributed by atoms with Gasteiger partial charge in [0.25, 0.3) is 17.2 Å². The molecule has 1 aliphatic rings. The molecule has 204 valence electrons. The number of rotatable bonds is 5. The zero-order chi connectivity index (χ0) is 28.2. The van der Waals surface area contributed by atoms with E-state index in [1.54, 1.807) is 33.0 Å². The Morgan fingerprint density at radius 3 is 2.18 bits per heavy atom. The Bertz CT molecular complexity index is 1840. The van der Waals surface area contributed by atoms with Gasteiger partial charge in [-0.25, -0.2) is 9.59 Å². The van der Waals surface area contributed by atoms with E-state index in [1.807, 2.05) is 0 Å². The number of nitro groups is 1. The lowest BCUT2D eigenvalue weighted by atomic mass is 10.0. The molecule has 1 aliphatic heterocycles. The summed E-state index contributed by atoms with van der Waals surface area (Å²) in [7, 11) is 1.59. The van der Waals surface area contributed by atoms with Gasteiger partial charge in [0.2, 0.25) is 0 Å². The fraction of sp³-hybridized carbons (Fsp3) is 0.385. The Morgan fingerprint density at radius 1 is 0.974 bits per heavy atom. The monoisotopic (exact) mass is 554 g/mol. The Labute approximate surface area is 226 Å². The Kier molecular flexibility index (Phi) is 6.67. The van der Waals surface area contributed by atoms with Crippen molar-refractivity contribution in [3.63, 3.8) is 0 Å². The van der Waals surface area contributed by atoms with Crippen LogP contribution in [0, 0.1) is 10.1 Å². The van der Waals surface area contributed by atoms with Crippen molar-refractivity contribution in [2.75, 3.05) is 13.1 Å². The van der Waals surface area contributed by atoms with Crippen molar-refractivity contribution < 1.29 is 9.72 Å². The van der Waals surface area contributed by atoms with Crippen molar-refractivity contribution >= 4 is 45.1 Å². The van der Waals surface area contributed by atoms with E-state index in [0.717, 1.165) is 0 Å². The van der Waals surface area contributed by atoms with Crippen LogP contribution in [-0.4, -0.2) is 47.1 Å². The van der Waals surface area contributed by atoms with Crippen LogP contribution >= 0.6 is 11.6 Å². The molecule has 3 heterocycles. The van der Waals surface area contributed by atoms with Crippen LogP contribution in [0.1, 0.15) is 43.1 Å². The topological polar surface area (TPSA) is 134 Å². The SMILES string of the molecule is CCn1c(=O)n(CC)c2cc([N+](=O)[O-])c(C(=O)N3CCC(n4c(=O)c5cc(Cl)ccc5n(C)c4=O)CC3)cc21. The van der Waals surface area contributed by atoms with Gasteiger partial charge >= 0.3 is 11.4 Å². The molecule has 0 radical (unpaired) electrons. The molecule has 0 aliphatic carbocycles. The van der Waals surface area contributed by atoms with Gasteiger partial charge in [-0.2, -0.15) is 0 Å². The molecule has 1 saturated heterocycles. The fourth-order valence-electron chi connectivity index (χ4n) is 5.56. The third-order valence-corrected chi connectivity index (χ3v) is 7.81. The standard InChI is InChI=1S/C26H27ClN6O6/c1-4-30-21-13-18(20(33(38)39)14-22(21)31(5-2)26(30)37)23(34)29-10-8-16(9-11-29)32-24(35)17-12-15(27)6-7-19(17)28(3)25(32)36/h6-7,12-14,16H,4-5,8-11H2,1-3H3. The Morgan fingerprint density at radius 2 is 1.59 bits per heavy atom. The zero-order valence-corrected chi connectivity index (χ0v) is 22.5. The molecule has 0 atom stereocenters. The number of piperidine rings is 1. The number of halogens is 1. The predicted octanol–water partition coefficient (Wildman–Crippen LogP) is 2.90. The smallest absolute Gasteiger partial charge is 0.331 e. The van der Waals surface area contributed by atoms with Gasteiger partial charge in [-0.1, -0.05) is 11.6 Å². The van der Waals surface area contributed by atoms with Crippen molar-refractivity contribution in [2.24, 2.45) is 7.05 Å². The van der Waals surface area contributed by atoms with Crippen LogP contribution in [0.3, 0.4) is 0 Å². The zero-order valence-electron chi connectivity index (χ0n) is 21.7. The second-order valence-electron chi connectivity index (χ2n) is 9.59. The Balaban J connectivity index is 1.49. The van der Waals surface area contributed by atoms with Gasteiger partial charge in [-0.15, -0.1) is 0 Å². The maximum absolute atomic E-state index is 13.6. The van der Waals surface area contributed by atoms with Crippen molar-refractivity contribution in [3.8, 4) is 0 Å². The summed E-state index contributed by atoms with van der Waals surface area (Å²) in [6, 6.07) is 7.03. The number of fused-ring (bicyclic) bond motifs is 2. The number of aromatic nitrogens is 4. The molecule has 1 amide bonds. The molecular formula is C26H27ClN6O6. The maximum Gasteiger partial charge on any atom is 0.331 e. The molecule has 2 aromatic heterocycles. The first-order valence-electron chi connectivity index (χ1n) is 12.7. The molecule has 4 aromatic rings. The number of amides is 1. The first-order valence-corrected chi connectivity index (χ1v) is 13.1. The highest BCUT2D eigenvalue weighted by Gasteiger charge is 2.32. The van der Waals surface area contributed by atoms with Crippen molar-refractivity contribution in [3.05, 3.63) is 82.4 Å². The number of hydrogen-bond acceptors (Lipinski definition) is 6. The summed E-state index contributed by atoms with van der Waals surface area (Å²) in [6.45, 7) is 4.64. The van der Waals surface area contributed by atoms with Gasteiger partial charge in [0.05, 0.1) is 26.9 Å². The number of nitrogens with zero attached hydrogens (tertiary/aromatic N) is 6. The molecule has 2 aromatic carbocycles. The van der Waals surface area contributed by atoms with Crippen LogP contribution in [0.2, 0.25) is 5.02 Å². The third kappa shape index (κ3) is 4.15. The van der Waals surface area contributed by atoms with Gasteiger partial charge in [0.1, 0.15) is 5.56 Å². The highest BCUT2D eigenvalue weighted by atomic mass is 35.5. The molecule has 0 saturated carbocycles. The van der Waals surface area contributed by atoms with Gasteiger partial charge < -0.3 is 4.90 Å². The van der Waals surface area contributed by atoms with Crippen LogP contribution in [0.15, 0.2) is 44.7 Å². The second-order valence-corrected chi connectivity index (χ2v) is 10.0. The van der Waals surface area contributed by atoms with Crippen molar-refractivity contribution in [2.45, 2.75) is 45.8 Å². The Hall–Kier alpha value is -4.19. The van der Waals surface area contributed by atoms with Crippen LogP contribution < -0.4 is 16.9 Å². The van der Waals surface area contributed by atoms with E-state index in [1.165, 1.54) is 41.4 Å². The normalized spacial score (nSPS) is 14.4. The molecule has 0 N–H and O–H groups in total. The summed E-state index contributed by atoms with van der Waals surface area (Å²) in [5.41, 5.74) is -0.340. The van der Waals surface area contributed by atoms with E-state index >= 15 is 0 Å². The lowest BCUT2D eigenvalue weighted by Gasteiger charge is -2.32. The number of carbonyl (C=O) groups excluding carboxylic acids is 1. The summed E-state index contributed by atoms with van der Waals surface area (Å²) >= 11 is 6.09. The maximum atomic E-state index is 13.6. The van der Waals surface area contributed by atoms with E-state index in [-0.39, 0.29) is 30.0 Å². The highest BCUT2D eigenvalue weighted by Crippen LogP contribution is 2.29. The molecule has 39 heavy (non-hydrogen) atoms. The number of hydrogen-bond donors (Lipinski definition) is 0. The van der Waals surface area contributed by atoms with Gasteiger partial charge in [-0.05, 0) is 51.0 Å². The summed E-state index contributed by atoms with van der Waals surface area (Å²) < 4.78 is 5.54. The van der Waals surface area contributed by atoms with Gasteiger partial charge in [-0.3, -0.25) is 38.0 Å². The van der Waals surface area contributed by atoms with E-state index < -0.39 is 28.1 Å². The van der Waals surface area contributed by atoms with Gasteiger partial charge in [0.15, 0.2) is 0 Å². The average molecular weight is 555 g/mol. The first-order chi connectivity index (χ1) is 18.6. The van der Waals surface area contributed by atoms with E-state index in [0.29, 0.717) is 52.9 Å². The molecular weight excluding hydrogens is 528 g/mol. The predicted molar refractivity (Wildman–Crippen MR) is 147 cm³/mol. The van der Waals surface area contributed by atoms with Crippen molar-refractivity contribution in [1.29, 1.82) is 0 Å². The number of likely N-dealkylation sites (tertiary alicyclic amines) is 1. The minimum atomic E-state index is -0.614. The molecule has 0 spiro atoms. The fourth-order valence-corrected chi connectivity index (χ4v) is 5.73. The molecule has 13 heteroatoms. The summed E-state index contributed by atoms with van der Waals surface area (Å²) in [5, 5.41) is 12.7. The van der Waals surface area contributed by atoms with Crippen LogP contribution in [0.25, 0.3) is 21.9 Å². The first kappa shape index (κ1) is 26.4. The number of aryl methyl sites for hydroxylation is 3. The molecule has 1 fully saturated rings. The minimum absolute atomic E-state index is 0.102. The minimum Gasteiger partial charge on any atom is -0.338 e. The lowest BCUT2D eigenvalue weighted by molar-refractivity contribution is -0.385. The van der Waals surface area contributed by atoms with Crippen LogP contribution in [0.5, 0.6) is 0 Å². The summed E-state index contributed by atoms with van der Waals surface area (Å²) in [5.74, 6) is -0.535. The molecule has 0 bridgehead atoms. The average Bonchev–Trinajstić information content (AvgIpc) is 3.20. The summed E-state index contributed by atoms with van der Waals surface area (Å²) in [4.78, 5) is 65.5. The van der Waals surface area contributed by atoms with Gasteiger partial charge in [0, 0.05) is 50.4 Å². The summed E-state index contributed by atoms with van der Waals surface area (Å²) in [6.07, 6.45) is 0.629. The van der Waals surface area contributed by atoms with E-state index in [9.17, 15) is 29.3 Å². The van der Waals surface area contributed by atoms with Crippen LogP contribution in [-0.2, 0) is 20.1 Å². The number of imidazole rings is 1. The highest BCUT2D eigenvalue weighted by molar-refractivity contribution is 6.31. The quantitative estimate of drug-likeness (QED) is 0.275. The number of carbonyl (C=O) groups is 1. The molecule has 12 nitrogen and oxygen atoms in total. The van der Waals surface area contributed by atoms with E-state index in [4.69, 9.17) is 11.6 Å². The third-order valence-electron chi connectivity index (χ3n) is 7.57. The second kappa shape index (κ2) is 9.84. The largest absolute Gasteiger partial charge is 0.338 e.